The van der Waals surface area contributed by atoms with Gasteiger partial charge in [-0.3, -0.25) is 9.59 Å². The third kappa shape index (κ3) is 3.42. The molecule has 0 aromatic carbocycles. The van der Waals surface area contributed by atoms with Gasteiger partial charge in [0.05, 0.1) is 17.4 Å². The number of carbonyl (C=O) groups excluding carboxylic acids is 2. The topological polar surface area (TPSA) is 57.6 Å². The lowest BCUT2D eigenvalue weighted by Crippen LogP contribution is -2.33. The summed E-state index contributed by atoms with van der Waals surface area (Å²) in [5.41, 5.74) is 1.32. The maximum atomic E-state index is 12.5. The van der Waals surface area contributed by atoms with Crippen molar-refractivity contribution >= 4 is 11.7 Å². The average Bonchev–Trinajstić information content (AvgIpc) is 2.79. The zero-order valence-corrected chi connectivity index (χ0v) is 14.8. The highest BCUT2D eigenvalue weighted by Gasteiger charge is 2.40. The Morgan fingerprint density at radius 1 is 1.09 bits per heavy atom. The van der Waals surface area contributed by atoms with Gasteiger partial charge in [0.1, 0.15) is 0 Å². The fraction of sp³-hybridized carbons (Fsp3) is 0.684. The monoisotopic (exact) mass is 319 g/mol. The Labute approximate surface area is 139 Å². The number of nitrogens with zero attached hydrogens (tertiary/aromatic N) is 1. The molecule has 4 nitrogen and oxygen atoms in total. The van der Waals surface area contributed by atoms with Gasteiger partial charge < -0.3 is 10.0 Å². The first-order valence-corrected chi connectivity index (χ1v) is 8.84. The van der Waals surface area contributed by atoms with Crippen LogP contribution in [0.4, 0.5) is 0 Å². The minimum Gasteiger partial charge on any atom is -0.390 e. The molecule has 0 aromatic rings. The van der Waals surface area contributed by atoms with Gasteiger partial charge in [-0.25, -0.2) is 0 Å². The molecular weight excluding hydrogens is 290 g/mol. The van der Waals surface area contributed by atoms with Crippen molar-refractivity contribution < 1.29 is 14.7 Å². The molecule has 1 heterocycles. The van der Waals surface area contributed by atoms with Crippen LogP contribution in [0.5, 0.6) is 0 Å². The smallest absolute Gasteiger partial charge is 0.234 e. The summed E-state index contributed by atoms with van der Waals surface area (Å²) < 4.78 is 0. The van der Waals surface area contributed by atoms with Crippen LogP contribution in [0.3, 0.4) is 0 Å². The lowest BCUT2D eigenvalue weighted by Gasteiger charge is -2.27. The van der Waals surface area contributed by atoms with Crippen LogP contribution in [0, 0.1) is 11.8 Å². The van der Waals surface area contributed by atoms with Crippen LogP contribution in [0.15, 0.2) is 23.4 Å². The van der Waals surface area contributed by atoms with E-state index in [2.05, 4.69) is 0 Å². The first-order chi connectivity index (χ1) is 10.8. The maximum absolute atomic E-state index is 12.5. The van der Waals surface area contributed by atoms with Gasteiger partial charge in [-0.1, -0.05) is 19.9 Å². The van der Waals surface area contributed by atoms with Gasteiger partial charge in [-0.05, 0) is 57.6 Å². The third-order valence-electron chi connectivity index (χ3n) is 5.54. The molecule has 0 bridgehead atoms. The van der Waals surface area contributed by atoms with Gasteiger partial charge >= 0.3 is 0 Å². The summed E-state index contributed by atoms with van der Waals surface area (Å²) in [6.07, 6.45) is 7.42. The average molecular weight is 319 g/mol. The quantitative estimate of drug-likeness (QED) is 0.733. The van der Waals surface area contributed by atoms with E-state index in [1.165, 1.54) is 0 Å². The Balaban J connectivity index is 2.00. The van der Waals surface area contributed by atoms with E-state index in [4.69, 9.17) is 0 Å². The summed E-state index contributed by atoms with van der Waals surface area (Å²) in [5, 5.41) is 10.3. The number of hydrogen-bond acceptors (Lipinski definition) is 3. The molecule has 0 spiro atoms. The van der Waals surface area contributed by atoms with Gasteiger partial charge in [0.25, 0.3) is 0 Å². The fourth-order valence-electron chi connectivity index (χ4n) is 3.59. The van der Waals surface area contributed by atoms with E-state index in [1.807, 2.05) is 38.7 Å². The Hall–Kier alpha value is -1.42. The van der Waals surface area contributed by atoms with E-state index < -0.39 is 5.60 Å². The number of hydrogen-bond donors (Lipinski definition) is 1. The minimum absolute atomic E-state index is 0.0713. The molecule has 0 fully saturated rings. The standard InChI is InChI=1S/C19H29NO3/c1-5-19(23,6-2)11-7-8-12-20-17-14(4)16(21)10-9-15(17)13(3)18(20)22/h9-10,13-14,23H,5-8,11-12H2,1-4H3. The molecule has 1 aliphatic carbocycles. The molecule has 0 saturated heterocycles. The van der Waals surface area contributed by atoms with Gasteiger partial charge in [0.15, 0.2) is 5.78 Å². The molecule has 2 atom stereocenters. The molecule has 4 heteroatoms. The second-order valence-electron chi connectivity index (χ2n) is 6.90. The van der Waals surface area contributed by atoms with Crippen LogP contribution in [0.2, 0.25) is 0 Å². The van der Waals surface area contributed by atoms with Crippen molar-refractivity contribution in [3.63, 3.8) is 0 Å². The van der Waals surface area contributed by atoms with Crippen molar-refractivity contribution in [3.8, 4) is 0 Å². The van der Waals surface area contributed by atoms with E-state index in [9.17, 15) is 14.7 Å². The van der Waals surface area contributed by atoms with Crippen molar-refractivity contribution in [2.75, 3.05) is 6.54 Å². The molecule has 128 valence electrons. The number of rotatable bonds is 7. The fourth-order valence-corrected chi connectivity index (χ4v) is 3.59. The molecule has 2 aliphatic rings. The normalized spacial score (nSPS) is 24.7. The Kier molecular flexibility index (Phi) is 5.45. The van der Waals surface area contributed by atoms with Gasteiger partial charge in [-0.2, -0.15) is 0 Å². The summed E-state index contributed by atoms with van der Waals surface area (Å²) in [6.45, 7) is 8.45. The first-order valence-electron chi connectivity index (χ1n) is 8.84. The minimum atomic E-state index is -0.580. The number of carbonyl (C=O) groups is 2. The van der Waals surface area contributed by atoms with Crippen LogP contribution < -0.4 is 0 Å². The molecular formula is C19H29NO3. The van der Waals surface area contributed by atoms with E-state index in [1.54, 1.807) is 6.08 Å². The molecule has 1 amide bonds. The second kappa shape index (κ2) is 7.00. The lowest BCUT2D eigenvalue weighted by molar-refractivity contribution is -0.130. The summed E-state index contributed by atoms with van der Waals surface area (Å²) >= 11 is 0. The first kappa shape index (κ1) is 17.9. The highest BCUT2D eigenvalue weighted by Crippen LogP contribution is 2.38. The predicted molar refractivity (Wildman–Crippen MR) is 90.6 cm³/mol. The molecule has 0 radical (unpaired) electrons. The lowest BCUT2D eigenvalue weighted by atomic mass is 9.89. The van der Waals surface area contributed by atoms with E-state index in [-0.39, 0.29) is 23.5 Å². The zero-order chi connectivity index (χ0) is 17.2. The van der Waals surface area contributed by atoms with Crippen LogP contribution in [0.25, 0.3) is 0 Å². The van der Waals surface area contributed by atoms with Crippen molar-refractivity contribution in [1.82, 2.24) is 4.90 Å². The summed E-state index contributed by atoms with van der Waals surface area (Å²) in [4.78, 5) is 26.3. The SMILES string of the molecule is CCC(O)(CC)CCCCN1C(=O)C(C)C2=C1C(C)C(=O)C=C2. The molecule has 0 saturated carbocycles. The highest BCUT2D eigenvalue weighted by molar-refractivity contribution is 5.99. The molecule has 1 N–H and O–H groups in total. The summed E-state index contributed by atoms with van der Waals surface area (Å²) in [6, 6.07) is 0. The molecule has 1 aliphatic heterocycles. The summed E-state index contributed by atoms with van der Waals surface area (Å²) in [5.74, 6) is -0.212. The number of amides is 1. The van der Waals surface area contributed by atoms with Crippen LogP contribution in [0.1, 0.15) is 59.8 Å². The van der Waals surface area contributed by atoms with Crippen molar-refractivity contribution in [2.24, 2.45) is 11.8 Å². The second-order valence-corrected chi connectivity index (χ2v) is 6.90. The van der Waals surface area contributed by atoms with Crippen LogP contribution in [-0.2, 0) is 9.59 Å². The Bertz CT molecular complexity index is 543. The molecule has 23 heavy (non-hydrogen) atoms. The number of aliphatic hydroxyl groups is 1. The van der Waals surface area contributed by atoms with Crippen molar-refractivity contribution in [3.05, 3.63) is 23.4 Å². The zero-order valence-electron chi connectivity index (χ0n) is 14.8. The van der Waals surface area contributed by atoms with Crippen LogP contribution in [-0.4, -0.2) is 33.8 Å². The highest BCUT2D eigenvalue weighted by atomic mass is 16.3. The van der Waals surface area contributed by atoms with E-state index in [0.29, 0.717) is 6.54 Å². The van der Waals surface area contributed by atoms with Gasteiger partial charge in [0, 0.05) is 12.2 Å². The van der Waals surface area contributed by atoms with E-state index in [0.717, 1.165) is 43.4 Å². The molecule has 0 aromatic heterocycles. The summed E-state index contributed by atoms with van der Waals surface area (Å²) in [7, 11) is 0. The number of allylic oxidation sites excluding steroid dienone is 3. The third-order valence-corrected chi connectivity index (χ3v) is 5.54. The van der Waals surface area contributed by atoms with Crippen molar-refractivity contribution in [2.45, 2.75) is 65.4 Å². The number of unbranched alkanes of at least 4 members (excludes halogenated alkanes) is 1. The largest absolute Gasteiger partial charge is 0.390 e. The molecule has 2 unspecified atom stereocenters. The maximum Gasteiger partial charge on any atom is 0.234 e. The Morgan fingerprint density at radius 2 is 1.74 bits per heavy atom. The predicted octanol–water partition coefficient (Wildman–Crippen LogP) is 3.22. The van der Waals surface area contributed by atoms with Gasteiger partial charge in [-0.15, -0.1) is 0 Å². The van der Waals surface area contributed by atoms with E-state index >= 15 is 0 Å². The van der Waals surface area contributed by atoms with Crippen molar-refractivity contribution in [1.29, 1.82) is 0 Å². The van der Waals surface area contributed by atoms with Gasteiger partial charge in [0.2, 0.25) is 5.91 Å². The Morgan fingerprint density at radius 3 is 2.35 bits per heavy atom. The van der Waals surface area contributed by atoms with Crippen LogP contribution >= 0.6 is 0 Å². The number of ketones is 1. The molecule has 2 rings (SSSR count).